The Labute approximate surface area is 165 Å². The number of halogens is 1. The van der Waals surface area contributed by atoms with E-state index in [-0.39, 0.29) is 5.82 Å². The number of rotatable bonds is 3. The van der Waals surface area contributed by atoms with Crippen LogP contribution in [0.1, 0.15) is 28.8 Å². The molecule has 134 valence electrons. The van der Waals surface area contributed by atoms with Crippen molar-refractivity contribution in [2.45, 2.75) is 25.7 Å². The second kappa shape index (κ2) is 6.98. The van der Waals surface area contributed by atoms with E-state index in [4.69, 9.17) is 9.98 Å². The summed E-state index contributed by atoms with van der Waals surface area (Å²) in [5.41, 5.74) is 4.57. The zero-order chi connectivity index (χ0) is 18.2. The Kier molecular flexibility index (Phi) is 4.34. The molecule has 0 atom stereocenters. The Bertz CT molecular complexity index is 1110. The quantitative estimate of drug-likeness (QED) is 0.352. The summed E-state index contributed by atoms with van der Waals surface area (Å²) in [7, 11) is 0. The van der Waals surface area contributed by atoms with Crippen LogP contribution in [0.2, 0.25) is 0 Å². The Morgan fingerprint density at radius 2 is 1.78 bits per heavy atom. The van der Waals surface area contributed by atoms with Crippen LogP contribution in [0, 0.1) is 5.82 Å². The predicted octanol–water partition coefficient (Wildman–Crippen LogP) is 6.79. The number of hydrogen-bond donors (Lipinski definition) is 0. The van der Waals surface area contributed by atoms with Crippen molar-refractivity contribution in [2.75, 3.05) is 0 Å². The van der Waals surface area contributed by atoms with Gasteiger partial charge in [0.05, 0.1) is 15.8 Å². The monoisotopic (exact) mass is 392 g/mol. The highest BCUT2D eigenvalue weighted by molar-refractivity contribution is 7.22. The fourth-order valence-corrected chi connectivity index (χ4v) is 5.86. The molecule has 4 aromatic rings. The van der Waals surface area contributed by atoms with E-state index in [1.165, 1.54) is 45.7 Å². The van der Waals surface area contributed by atoms with Gasteiger partial charge in [0, 0.05) is 11.1 Å². The molecule has 1 aliphatic rings. The first-order valence-electron chi connectivity index (χ1n) is 9.08. The van der Waals surface area contributed by atoms with Gasteiger partial charge in [-0.15, -0.1) is 22.7 Å². The van der Waals surface area contributed by atoms with Gasteiger partial charge < -0.3 is 0 Å². The molecule has 0 amide bonds. The summed E-state index contributed by atoms with van der Waals surface area (Å²) in [5.74, 6) is -0.228. The Morgan fingerprint density at radius 3 is 2.63 bits per heavy atom. The molecule has 0 spiro atoms. The highest BCUT2D eigenvalue weighted by atomic mass is 32.1. The molecule has 27 heavy (non-hydrogen) atoms. The number of aryl methyl sites for hydroxylation is 1. The number of aliphatic imine (C=N–C) groups is 1. The zero-order valence-corrected chi connectivity index (χ0v) is 16.2. The van der Waals surface area contributed by atoms with Gasteiger partial charge in [-0.2, -0.15) is 0 Å². The van der Waals surface area contributed by atoms with E-state index in [9.17, 15) is 4.39 Å². The van der Waals surface area contributed by atoms with Gasteiger partial charge in [-0.25, -0.2) is 14.4 Å². The Hall–Kier alpha value is -2.37. The number of fused-ring (bicyclic) bond motifs is 2. The van der Waals surface area contributed by atoms with Crippen LogP contribution in [0.25, 0.3) is 20.8 Å². The molecule has 0 unspecified atom stereocenters. The highest BCUT2D eigenvalue weighted by Gasteiger charge is 2.23. The van der Waals surface area contributed by atoms with E-state index >= 15 is 0 Å². The van der Waals surface area contributed by atoms with Crippen molar-refractivity contribution in [1.82, 2.24) is 4.98 Å². The van der Waals surface area contributed by atoms with Gasteiger partial charge in [0.1, 0.15) is 15.8 Å². The summed E-state index contributed by atoms with van der Waals surface area (Å²) in [5, 5.41) is 2.08. The van der Waals surface area contributed by atoms with Crippen LogP contribution in [0.15, 0.2) is 53.5 Å². The molecule has 0 fully saturated rings. The Balaban J connectivity index is 1.62. The third-order valence-electron chi connectivity index (χ3n) is 4.86. The smallest absolute Gasteiger partial charge is 0.127 e. The number of benzene rings is 2. The molecule has 0 N–H and O–H groups in total. The minimum atomic E-state index is -0.228. The first-order valence-corrected chi connectivity index (χ1v) is 10.7. The standard InChI is InChI=1S/C22H17FN2S2/c23-15-11-9-14(10-12-15)13-24-21-20(16-5-1-3-7-18(16)26-21)22-25-17-6-2-4-8-19(17)27-22/h2,4,6,8-13H,1,3,5,7H2/b24-13+. The average Bonchev–Trinajstić information content (AvgIpc) is 3.28. The number of hydrogen-bond acceptors (Lipinski definition) is 4. The van der Waals surface area contributed by atoms with Crippen molar-refractivity contribution < 1.29 is 4.39 Å². The maximum Gasteiger partial charge on any atom is 0.127 e. The lowest BCUT2D eigenvalue weighted by Crippen LogP contribution is -1.99. The molecule has 2 aromatic carbocycles. The van der Waals surface area contributed by atoms with E-state index in [0.29, 0.717) is 0 Å². The van der Waals surface area contributed by atoms with E-state index in [1.807, 2.05) is 12.3 Å². The summed E-state index contributed by atoms with van der Waals surface area (Å²) in [6.45, 7) is 0. The van der Waals surface area contributed by atoms with Gasteiger partial charge in [-0.3, -0.25) is 0 Å². The molecular weight excluding hydrogens is 375 g/mol. The highest BCUT2D eigenvalue weighted by Crippen LogP contribution is 2.47. The first kappa shape index (κ1) is 16.8. The van der Waals surface area contributed by atoms with Crippen LogP contribution in [0.3, 0.4) is 0 Å². The molecular formula is C22H17FN2S2. The van der Waals surface area contributed by atoms with Gasteiger partial charge in [0.25, 0.3) is 0 Å². The molecule has 2 heterocycles. The van der Waals surface area contributed by atoms with E-state index in [0.717, 1.165) is 33.9 Å². The maximum atomic E-state index is 13.1. The third kappa shape index (κ3) is 3.22. The van der Waals surface area contributed by atoms with Gasteiger partial charge in [0.15, 0.2) is 0 Å². The largest absolute Gasteiger partial charge is 0.245 e. The fourth-order valence-electron chi connectivity index (χ4n) is 3.52. The molecule has 0 saturated heterocycles. The molecule has 5 rings (SSSR count). The molecule has 0 bridgehead atoms. The number of thiazole rings is 1. The van der Waals surface area contributed by atoms with Crippen LogP contribution >= 0.6 is 22.7 Å². The first-order chi connectivity index (χ1) is 13.3. The minimum absolute atomic E-state index is 0.228. The van der Waals surface area contributed by atoms with E-state index in [1.54, 1.807) is 34.8 Å². The molecule has 1 aliphatic carbocycles. The normalized spacial score (nSPS) is 14.1. The second-order valence-corrected chi connectivity index (χ2v) is 8.80. The summed E-state index contributed by atoms with van der Waals surface area (Å²) >= 11 is 3.52. The van der Waals surface area contributed by atoms with Crippen molar-refractivity contribution in [3.8, 4) is 10.6 Å². The topological polar surface area (TPSA) is 25.2 Å². The third-order valence-corrected chi connectivity index (χ3v) is 7.12. The van der Waals surface area contributed by atoms with Crippen molar-refractivity contribution >= 4 is 44.1 Å². The van der Waals surface area contributed by atoms with Crippen molar-refractivity contribution in [1.29, 1.82) is 0 Å². The van der Waals surface area contributed by atoms with Gasteiger partial charge in [0.2, 0.25) is 0 Å². The summed E-state index contributed by atoms with van der Waals surface area (Å²) in [4.78, 5) is 11.1. The molecule has 2 nitrogen and oxygen atoms in total. The minimum Gasteiger partial charge on any atom is -0.245 e. The van der Waals surface area contributed by atoms with Gasteiger partial charge in [-0.1, -0.05) is 24.3 Å². The van der Waals surface area contributed by atoms with E-state index < -0.39 is 0 Å². The fraction of sp³-hybridized carbons (Fsp3) is 0.182. The zero-order valence-electron chi connectivity index (χ0n) is 14.6. The Morgan fingerprint density at radius 1 is 0.963 bits per heavy atom. The predicted molar refractivity (Wildman–Crippen MR) is 113 cm³/mol. The van der Waals surface area contributed by atoms with Crippen molar-refractivity contribution in [3.63, 3.8) is 0 Å². The lowest BCUT2D eigenvalue weighted by molar-refractivity contribution is 0.628. The van der Waals surface area contributed by atoms with Gasteiger partial charge >= 0.3 is 0 Å². The van der Waals surface area contributed by atoms with Crippen LogP contribution in [0.4, 0.5) is 9.39 Å². The number of aromatic nitrogens is 1. The number of thiophene rings is 1. The lowest BCUT2D eigenvalue weighted by atomic mass is 9.96. The van der Waals surface area contributed by atoms with Crippen LogP contribution < -0.4 is 0 Å². The molecule has 0 radical (unpaired) electrons. The van der Waals surface area contributed by atoms with E-state index in [2.05, 4.69) is 18.2 Å². The number of para-hydroxylation sites is 1. The average molecular weight is 393 g/mol. The SMILES string of the molecule is Fc1ccc(/C=N/c2sc3c(c2-c2nc4ccccc4s2)CCCC3)cc1. The van der Waals surface area contributed by atoms with Crippen molar-refractivity contribution in [3.05, 3.63) is 70.4 Å². The van der Waals surface area contributed by atoms with Crippen molar-refractivity contribution in [2.24, 2.45) is 4.99 Å². The van der Waals surface area contributed by atoms with Gasteiger partial charge in [-0.05, 0) is 61.1 Å². The summed E-state index contributed by atoms with van der Waals surface area (Å²) in [6.07, 6.45) is 6.53. The molecule has 0 saturated carbocycles. The van der Waals surface area contributed by atoms with Crippen LogP contribution in [0.5, 0.6) is 0 Å². The van der Waals surface area contributed by atoms with Crippen LogP contribution in [-0.4, -0.2) is 11.2 Å². The summed E-state index contributed by atoms with van der Waals surface area (Å²) < 4.78 is 14.3. The molecule has 0 aliphatic heterocycles. The molecule has 2 aromatic heterocycles. The maximum absolute atomic E-state index is 13.1. The number of nitrogens with zero attached hydrogens (tertiary/aromatic N) is 2. The molecule has 5 heteroatoms. The lowest BCUT2D eigenvalue weighted by Gasteiger charge is -2.11. The second-order valence-electron chi connectivity index (χ2n) is 6.69. The summed E-state index contributed by atoms with van der Waals surface area (Å²) in [6, 6.07) is 14.7. The van der Waals surface area contributed by atoms with Crippen LogP contribution in [-0.2, 0) is 12.8 Å².